The van der Waals surface area contributed by atoms with Crippen LogP contribution in [0.5, 0.6) is 0 Å². The fourth-order valence-corrected chi connectivity index (χ4v) is 2.04. The maximum atomic E-state index is 13.4. The van der Waals surface area contributed by atoms with Crippen molar-refractivity contribution in [2.75, 3.05) is 0 Å². The van der Waals surface area contributed by atoms with Crippen LogP contribution < -0.4 is 0 Å². The molecular weight excluding hydrogens is 292 g/mol. The zero-order valence-corrected chi connectivity index (χ0v) is 9.59. The fraction of sp³-hybridized carbons (Fsp3) is 0.200. The second-order valence-corrected chi connectivity index (χ2v) is 3.80. The quantitative estimate of drug-likeness (QED) is 0.333. The minimum Gasteiger partial charge on any atom is -0.457 e. The van der Waals surface area contributed by atoms with Crippen molar-refractivity contribution in [3.63, 3.8) is 0 Å². The van der Waals surface area contributed by atoms with Crippen molar-refractivity contribution < 1.29 is 22.0 Å². The van der Waals surface area contributed by atoms with Gasteiger partial charge in [-0.2, -0.15) is 4.39 Å². The largest absolute Gasteiger partial charge is 0.457 e. The summed E-state index contributed by atoms with van der Waals surface area (Å²) in [6, 6.07) is 0. The van der Waals surface area contributed by atoms with E-state index in [1.54, 1.807) is 0 Å². The zero-order valence-electron chi connectivity index (χ0n) is 8.01. The average Bonchev–Trinajstić information content (AvgIpc) is 2.61. The van der Waals surface area contributed by atoms with Crippen LogP contribution in [0.1, 0.15) is 11.3 Å². The Morgan fingerprint density at radius 1 is 1.00 bits per heavy atom. The van der Waals surface area contributed by atoms with Gasteiger partial charge in [0.1, 0.15) is 5.76 Å². The zero-order chi connectivity index (χ0) is 12.0. The molecule has 0 bridgehead atoms. The molecule has 0 unspecified atom stereocenters. The van der Waals surface area contributed by atoms with Gasteiger partial charge in [-0.1, -0.05) is 15.9 Å². The number of benzene rings is 1. The van der Waals surface area contributed by atoms with Gasteiger partial charge in [-0.05, 0) is 6.92 Å². The first kappa shape index (κ1) is 11.4. The molecule has 2 aromatic rings. The molecule has 0 N–H and O–H groups in total. The van der Waals surface area contributed by atoms with Crippen LogP contribution in [0, 0.1) is 30.2 Å². The highest BCUT2D eigenvalue weighted by molar-refractivity contribution is 9.08. The van der Waals surface area contributed by atoms with Gasteiger partial charge in [0, 0.05) is 5.56 Å². The molecule has 0 radical (unpaired) electrons. The first-order valence-corrected chi connectivity index (χ1v) is 5.41. The molecule has 1 heterocycles. The van der Waals surface area contributed by atoms with Crippen molar-refractivity contribution in [3.8, 4) is 0 Å². The Kier molecular flexibility index (Phi) is 2.69. The van der Waals surface area contributed by atoms with Gasteiger partial charge in [-0.25, -0.2) is 13.2 Å². The van der Waals surface area contributed by atoms with Gasteiger partial charge < -0.3 is 4.42 Å². The Morgan fingerprint density at radius 3 is 2.12 bits per heavy atom. The molecule has 2 rings (SSSR count). The minimum atomic E-state index is -1.86. The summed E-state index contributed by atoms with van der Waals surface area (Å²) >= 11 is 3.05. The van der Waals surface area contributed by atoms with Gasteiger partial charge in [0.05, 0.1) is 10.7 Å². The molecule has 0 spiro atoms. The van der Waals surface area contributed by atoms with Gasteiger partial charge in [-0.3, -0.25) is 0 Å². The Bertz CT molecular complexity index is 576. The molecule has 0 fully saturated rings. The predicted molar refractivity (Wildman–Crippen MR) is 53.4 cm³/mol. The van der Waals surface area contributed by atoms with Crippen LogP contribution >= 0.6 is 15.9 Å². The first-order valence-electron chi connectivity index (χ1n) is 4.28. The Morgan fingerprint density at radius 2 is 1.56 bits per heavy atom. The summed E-state index contributed by atoms with van der Waals surface area (Å²) in [6.07, 6.45) is 0. The summed E-state index contributed by atoms with van der Waals surface area (Å²) in [6.45, 7) is 1.45. The van der Waals surface area contributed by atoms with E-state index in [9.17, 15) is 17.6 Å². The number of hydrogen-bond donors (Lipinski definition) is 0. The first-order chi connectivity index (χ1) is 7.49. The van der Waals surface area contributed by atoms with Gasteiger partial charge >= 0.3 is 0 Å². The van der Waals surface area contributed by atoms with Crippen molar-refractivity contribution in [1.82, 2.24) is 0 Å². The second kappa shape index (κ2) is 3.76. The SMILES string of the molecule is Cc1c(CBr)oc2c(F)c(F)c(F)c(F)c12. The summed E-state index contributed by atoms with van der Waals surface area (Å²) in [4.78, 5) is 0. The summed E-state index contributed by atoms with van der Waals surface area (Å²) in [5.41, 5.74) is -0.342. The highest BCUT2D eigenvalue weighted by atomic mass is 79.9. The van der Waals surface area contributed by atoms with Crippen LogP contribution in [0.2, 0.25) is 0 Å². The summed E-state index contributed by atoms with van der Waals surface area (Å²) < 4.78 is 57.5. The molecule has 86 valence electrons. The lowest BCUT2D eigenvalue weighted by Crippen LogP contribution is -1.96. The number of fused-ring (bicyclic) bond motifs is 1. The van der Waals surface area contributed by atoms with E-state index >= 15 is 0 Å². The van der Waals surface area contributed by atoms with E-state index in [0.717, 1.165) is 0 Å². The van der Waals surface area contributed by atoms with Crippen LogP contribution in [0.25, 0.3) is 11.0 Å². The third-order valence-corrected chi connectivity index (χ3v) is 2.87. The van der Waals surface area contributed by atoms with E-state index in [1.165, 1.54) is 6.92 Å². The molecule has 1 aromatic carbocycles. The number of hydrogen-bond acceptors (Lipinski definition) is 1. The third-order valence-electron chi connectivity index (χ3n) is 2.36. The van der Waals surface area contributed by atoms with Crippen molar-refractivity contribution >= 4 is 26.9 Å². The monoisotopic (exact) mass is 296 g/mol. The molecule has 0 aliphatic rings. The lowest BCUT2D eigenvalue weighted by atomic mass is 10.1. The van der Waals surface area contributed by atoms with E-state index in [-0.39, 0.29) is 22.0 Å². The van der Waals surface area contributed by atoms with Crippen molar-refractivity contribution in [3.05, 3.63) is 34.6 Å². The molecule has 0 saturated heterocycles. The van der Waals surface area contributed by atoms with Crippen LogP contribution in [0.3, 0.4) is 0 Å². The van der Waals surface area contributed by atoms with E-state index in [0.29, 0.717) is 0 Å². The van der Waals surface area contributed by atoms with Gasteiger partial charge in [0.15, 0.2) is 17.2 Å². The number of alkyl halides is 1. The highest BCUT2D eigenvalue weighted by Crippen LogP contribution is 2.33. The van der Waals surface area contributed by atoms with Crippen LogP contribution in [0.15, 0.2) is 4.42 Å². The molecule has 1 nitrogen and oxygen atoms in total. The molecule has 0 aliphatic heterocycles. The van der Waals surface area contributed by atoms with Crippen molar-refractivity contribution in [2.45, 2.75) is 12.3 Å². The number of furan rings is 1. The third kappa shape index (κ3) is 1.36. The Labute approximate surface area is 96.2 Å². The van der Waals surface area contributed by atoms with Crippen LogP contribution in [-0.4, -0.2) is 0 Å². The smallest absolute Gasteiger partial charge is 0.205 e. The highest BCUT2D eigenvalue weighted by Gasteiger charge is 2.26. The fourth-order valence-electron chi connectivity index (χ4n) is 1.51. The number of halogens is 5. The molecule has 1 aromatic heterocycles. The van der Waals surface area contributed by atoms with Crippen LogP contribution in [-0.2, 0) is 5.33 Å². The predicted octanol–water partition coefficient (Wildman–Crippen LogP) is 4.19. The van der Waals surface area contributed by atoms with E-state index in [2.05, 4.69) is 15.9 Å². The molecule has 0 amide bonds. The number of aryl methyl sites for hydroxylation is 1. The Hall–Kier alpha value is -1.04. The van der Waals surface area contributed by atoms with Gasteiger partial charge in [0.2, 0.25) is 11.6 Å². The summed E-state index contributed by atoms with van der Waals surface area (Å²) in [5, 5.41) is -0.152. The molecular formula is C10H5BrF4O. The molecule has 0 saturated carbocycles. The standard InChI is InChI=1S/C10H5BrF4O/c1-3-4(2-11)16-10-5(3)6(12)7(13)8(14)9(10)15/h2H2,1H3. The second-order valence-electron chi connectivity index (χ2n) is 3.24. The van der Waals surface area contributed by atoms with Crippen molar-refractivity contribution in [2.24, 2.45) is 0 Å². The van der Waals surface area contributed by atoms with Crippen LogP contribution in [0.4, 0.5) is 17.6 Å². The van der Waals surface area contributed by atoms with Gasteiger partial charge in [0.25, 0.3) is 0 Å². The van der Waals surface area contributed by atoms with E-state index < -0.39 is 28.9 Å². The normalized spacial score (nSPS) is 11.4. The average molecular weight is 297 g/mol. The van der Waals surface area contributed by atoms with Crippen molar-refractivity contribution in [1.29, 1.82) is 0 Å². The molecule has 0 aliphatic carbocycles. The molecule has 0 atom stereocenters. The van der Waals surface area contributed by atoms with E-state index in [1.807, 2.05) is 0 Å². The lowest BCUT2D eigenvalue weighted by molar-refractivity contribution is 0.409. The Balaban J connectivity index is 3.00. The molecule has 16 heavy (non-hydrogen) atoms. The summed E-state index contributed by atoms with van der Waals surface area (Å²) in [7, 11) is 0. The topological polar surface area (TPSA) is 13.1 Å². The maximum Gasteiger partial charge on any atom is 0.205 e. The maximum absolute atomic E-state index is 13.4. The minimum absolute atomic E-state index is 0.204. The lowest BCUT2D eigenvalue weighted by Gasteiger charge is -1.99. The summed E-state index contributed by atoms with van der Waals surface area (Å²) in [5.74, 6) is -6.39. The van der Waals surface area contributed by atoms with Gasteiger partial charge in [-0.15, -0.1) is 0 Å². The molecule has 6 heteroatoms. The number of rotatable bonds is 1. The van der Waals surface area contributed by atoms with E-state index in [4.69, 9.17) is 4.42 Å².